The van der Waals surface area contributed by atoms with Crippen molar-refractivity contribution in [3.63, 3.8) is 0 Å². The molecule has 4 rings (SSSR count). The molecule has 1 amide bonds. The first-order chi connectivity index (χ1) is 14.7. The monoisotopic (exact) mass is 405 g/mol. The van der Waals surface area contributed by atoms with E-state index in [0.29, 0.717) is 12.8 Å². The van der Waals surface area contributed by atoms with Crippen molar-refractivity contribution >= 4 is 16.9 Å². The Morgan fingerprint density at radius 2 is 1.73 bits per heavy atom. The molecule has 158 valence electrons. The summed E-state index contributed by atoms with van der Waals surface area (Å²) in [6.07, 6.45) is 2.07. The number of rotatable bonds is 8. The summed E-state index contributed by atoms with van der Waals surface area (Å²) in [6, 6.07) is 18.4. The van der Waals surface area contributed by atoms with Gasteiger partial charge in [0.05, 0.1) is 11.0 Å². The van der Waals surface area contributed by atoms with Crippen LogP contribution in [-0.4, -0.2) is 71.6 Å². The second-order valence-corrected chi connectivity index (χ2v) is 8.04. The summed E-state index contributed by atoms with van der Waals surface area (Å²) in [6.45, 7) is 6.31. The van der Waals surface area contributed by atoms with E-state index in [2.05, 4.69) is 44.9 Å². The second-order valence-electron chi connectivity index (χ2n) is 8.04. The van der Waals surface area contributed by atoms with Crippen molar-refractivity contribution in [3.05, 3.63) is 60.4 Å². The fourth-order valence-electron chi connectivity index (χ4n) is 4.02. The van der Waals surface area contributed by atoms with Crippen LogP contribution < -0.4 is 5.32 Å². The minimum Gasteiger partial charge on any atom is -0.356 e. The molecule has 1 aliphatic rings. The number of aromatic nitrogens is 2. The highest BCUT2D eigenvalue weighted by Crippen LogP contribution is 2.22. The lowest BCUT2D eigenvalue weighted by atomic mass is 10.2. The Morgan fingerprint density at radius 3 is 2.53 bits per heavy atom. The van der Waals surface area contributed by atoms with Gasteiger partial charge in [-0.25, -0.2) is 4.98 Å². The molecule has 0 radical (unpaired) electrons. The summed E-state index contributed by atoms with van der Waals surface area (Å²) in [5.74, 6) is 1.02. The lowest BCUT2D eigenvalue weighted by Crippen LogP contribution is -2.45. The highest BCUT2D eigenvalue weighted by atomic mass is 16.1. The first kappa shape index (κ1) is 20.6. The summed E-state index contributed by atoms with van der Waals surface area (Å²) in [4.78, 5) is 22.0. The highest BCUT2D eigenvalue weighted by Gasteiger charge is 2.15. The molecule has 1 fully saturated rings. The molecular weight excluding hydrogens is 374 g/mol. The van der Waals surface area contributed by atoms with Gasteiger partial charge in [0.25, 0.3) is 0 Å². The van der Waals surface area contributed by atoms with Gasteiger partial charge in [0.15, 0.2) is 0 Å². The number of fused-ring (bicyclic) bond motifs is 1. The van der Waals surface area contributed by atoms with E-state index >= 15 is 0 Å². The number of para-hydroxylation sites is 3. The van der Waals surface area contributed by atoms with Gasteiger partial charge in [0.2, 0.25) is 5.91 Å². The average Bonchev–Trinajstić information content (AvgIpc) is 3.15. The van der Waals surface area contributed by atoms with Gasteiger partial charge in [-0.3, -0.25) is 9.36 Å². The predicted molar refractivity (Wildman–Crippen MR) is 121 cm³/mol. The van der Waals surface area contributed by atoms with E-state index < -0.39 is 0 Å². The average molecular weight is 406 g/mol. The van der Waals surface area contributed by atoms with E-state index in [-0.39, 0.29) is 5.91 Å². The van der Waals surface area contributed by atoms with Gasteiger partial charge in [-0.05, 0) is 44.3 Å². The smallest absolute Gasteiger partial charge is 0.220 e. The van der Waals surface area contributed by atoms with Crippen molar-refractivity contribution in [2.75, 3.05) is 46.3 Å². The summed E-state index contributed by atoms with van der Waals surface area (Å²) in [5, 5.41) is 3.08. The Bertz CT molecular complexity index is 960. The van der Waals surface area contributed by atoms with Crippen LogP contribution in [0.3, 0.4) is 0 Å². The fourth-order valence-corrected chi connectivity index (χ4v) is 4.02. The molecule has 1 saturated heterocycles. The number of carbonyl (C=O) groups is 1. The van der Waals surface area contributed by atoms with Crippen molar-refractivity contribution < 1.29 is 4.79 Å². The molecule has 2 heterocycles. The zero-order valence-electron chi connectivity index (χ0n) is 17.8. The third kappa shape index (κ3) is 5.07. The van der Waals surface area contributed by atoms with Gasteiger partial charge < -0.3 is 15.1 Å². The van der Waals surface area contributed by atoms with Crippen LogP contribution in [0.1, 0.15) is 18.7 Å². The van der Waals surface area contributed by atoms with Crippen LogP contribution in [0, 0.1) is 0 Å². The molecule has 2 aromatic carbocycles. The van der Waals surface area contributed by atoms with Gasteiger partial charge in [0.1, 0.15) is 5.82 Å². The third-order valence-electron chi connectivity index (χ3n) is 5.79. The lowest BCUT2D eigenvalue weighted by molar-refractivity contribution is -0.121. The maximum atomic E-state index is 12.4. The van der Waals surface area contributed by atoms with E-state index in [9.17, 15) is 4.79 Å². The SMILES string of the molecule is CN1CCN(CCCNC(=O)CCc2nc3ccccc3n2-c2ccccc2)CC1. The van der Waals surface area contributed by atoms with Gasteiger partial charge in [-0.1, -0.05) is 30.3 Å². The Hall–Kier alpha value is -2.70. The molecular formula is C24H31N5O. The normalized spacial score (nSPS) is 15.5. The van der Waals surface area contributed by atoms with Crippen LogP contribution in [0.5, 0.6) is 0 Å². The van der Waals surface area contributed by atoms with Gasteiger partial charge in [-0.15, -0.1) is 0 Å². The topological polar surface area (TPSA) is 53.4 Å². The first-order valence-corrected chi connectivity index (χ1v) is 10.9. The lowest BCUT2D eigenvalue weighted by Gasteiger charge is -2.32. The molecule has 30 heavy (non-hydrogen) atoms. The molecule has 1 aromatic heterocycles. The van der Waals surface area contributed by atoms with Crippen molar-refractivity contribution in [1.82, 2.24) is 24.7 Å². The maximum Gasteiger partial charge on any atom is 0.220 e. The van der Waals surface area contributed by atoms with Gasteiger partial charge in [-0.2, -0.15) is 0 Å². The number of benzene rings is 2. The van der Waals surface area contributed by atoms with Crippen LogP contribution in [0.15, 0.2) is 54.6 Å². The molecule has 6 heteroatoms. The number of likely N-dealkylation sites (N-methyl/N-ethyl adjacent to an activating group) is 1. The largest absolute Gasteiger partial charge is 0.356 e. The van der Waals surface area contributed by atoms with E-state index in [1.807, 2.05) is 36.4 Å². The second kappa shape index (κ2) is 9.87. The Labute approximate surface area is 178 Å². The number of amides is 1. The minimum absolute atomic E-state index is 0.0973. The number of nitrogens with one attached hydrogen (secondary N) is 1. The Kier molecular flexibility index (Phi) is 6.77. The van der Waals surface area contributed by atoms with Crippen LogP contribution in [0.2, 0.25) is 0 Å². The van der Waals surface area contributed by atoms with Crippen molar-refractivity contribution in [2.45, 2.75) is 19.3 Å². The fraction of sp³-hybridized carbons (Fsp3) is 0.417. The molecule has 1 N–H and O–H groups in total. The van der Waals surface area contributed by atoms with Crippen LogP contribution in [0.25, 0.3) is 16.7 Å². The van der Waals surface area contributed by atoms with Crippen LogP contribution >= 0.6 is 0 Å². The zero-order chi connectivity index (χ0) is 20.8. The maximum absolute atomic E-state index is 12.4. The molecule has 0 unspecified atom stereocenters. The standard InChI is InChI=1S/C24H31N5O/c1-27-16-18-28(19-17-27)15-7-14-25-24(30)13-12-23-26-21-10-5-6-11-22(21)29(23)20-8-3-2-4-9-20/h2-6,8-11H,7,12-19H2,1H3,(H,25,30). The van der Waals surface area contributed by atoms with Crippen molar-refractivity contribution in [2.24, 2.45) is 0 Å². The molecule has 0 spiro atoms. The van der Waals surface area contributed by atoms with Crippen molar-refractivity contribution in [3.8, 4) is 5.69 Å². The minimum atomic E-state index is 0.0973. The van der Waals surface area contributed by atoms with E-state index in [1.165, 1.54) is 0 Å². The summed E-state index contributed by atoms with van der Waals surface area (Å²) in [5.41, 5.74) is 3.11. The van der Waals surface area contributed by atoms with Crippen molar-refractivity contribution in [1.29, 1.82) is 0 Å². The molecule has 0 aliphatic carbocycles. The molecule has 0 bridgehead atoms. The van der Waals surface area contributed by atoms with Crippen LogP contribution in [0.4, 0.5) is 0 Å². The summed E-state index contributed by atoms with van der Waals surface area (Å²) < 4.78 is 2.16. The number of hydrogen-bond donors (Lipinski definition) is 1. The quantitative estimate of drug-likeness (QED) is 0.586. The Morgan fingerprint density at radius 1 is 1.00 bits per heavy atom. The highest BCUT2D eigenvalue weighted by molar-refractivity contribution is 5.79. The number of imidazole rings is 1. The van der Waals surface area contributed by atoms with E-state index in [0.717, 1.165) is 68.2 Å². The Balaban J connectivity index is 1.31. The van der Waals surface area contributed by atoms with Gasteiger partial charge in [0, 0.05) is 51.3 Å². The molecule has 0 atom stereocenters. The summed E-state index contributed by atoms with van der Waals surface area (Å²) in [7, 11) is 2.17. The number of hydrogen-bond acceptors (Lipinski definition) is 4. The molecule has 1 aliphatic heterocycles. The zero-order valence-corrected chi connectivity index (χ0v) is 17.8. The van der Waals surface area contributed by atoms with E-state index in [4.69, 9.17) is 4.98 Å². The molecule has 6 nitrogen and oxygen atoms in total. The molecule has 0 saturated carbocycles. The van der Waals surface area contributed by atoms with E-state index in [1.54, 1.807) is 0 Å². The third-order valence-corrected chi connectivity index (χ3v) is 5.79. The number of nitrogens with zero attached hydrogens (tertiary/aromatic N) is 4. The number of aryl methyl sites for hydroxylation is 1. The van der Waals surface area contributed by atoms with Crippen LogP contribution in [-0.2, 0) is 11.2 Å². The molecule has 3 aromatic rings. The number of carbonyl (C=O) groups excluding carboxylic acids is 1. The number of piperazine rings is 1. The first-order valence-electron chi connectivity index (χ1n) is 10.9. The predicted octanol–water partition coefficient (Wildman–Crippen LogP) is 2.71. The van der Waals surface area contributed by atoms with Gasteiger partial charge >= 0.3 is 0 Å². The summed E-state index contributed by atoms with van der Waals surface area (Å²) >= 11 is 0.